The van der Waals surface area contributed by atoms with Gasteiger partial charge in [0, 0.05) is 33.5 Å². The van der Waals surface area contributed by atoms with Crippen molar-refractivity contribution >= 4 is 50.0 Å². The van der Waals surface area contributed by atoms with E-state index in [1.807, 2.05) is 0 Å². The fourth-order valence-electron chi connectivity index (χ4n) is 7.26. The lowest BCUT2D eigenvalue weighted by Crippen LogP contribution is -2.10. The number of rotatable bonds is 8. The van der Waals surface area contributed by atoms with Crippen LogP contribution in [0.1, 0.15) is 0 Å². The maximum absolute atomic E-state index is 3.63. The molecular formula is C50H36N2. The molecule has 0 fully saturated rings. The van der Waals surface area contributed by atoms with Crippen molar-refractivity contribution in [2.45, 2.75) is 0 Å². The minimum atomic E-state index is 1.06. The number of nitrogens with zero attached hydrogens (tertiary/aromatic N) is 1. The van der Waals surface area contributed by atoms with Crippen molar-refractivity contribution in [2.24, 2.45) is 0 Å². The fourth-order valence-corrected chi connectivity index (χ4v) is 7.26. The van der Waals surface area contributed by atoms with Gasteiger partial charge < -0.3 is 10.2 Å². The zero-order valence-corrected chi connectivity index (χ0v) is 28.7. The molecule has 2 heteroatoms. The minimum absolute atomic E-state index is 1.06. The van der Waals surface area contributed by atoms with Crippen molar-refractivity contribution in [3.8, 4) is 33.4 Å². The van der Waals surface area contributed by atoms with E-state index in [1.165, 1.54) is 54.9 Å². The summed E-state index contributed by atoms with van der Waals surface area (Å²) >= 11 is 0. The predicted molar refractivity (Wildman–Crippen MR) is 222 cm³/mol. The Balaban J connectivity index is 1.05. The number of fused-ring (bicyclic) bond motifs is 2. The van der Waals surface area contributed by atoms with Gasteiger partial charge in [-0.1, -0.05) is 164 Å². The molecule has 9 aromatic rings. The lowest BCUT2D eigenvalue weighted by Gasteiger charge is -2.27. The SMILES string of the molecule is c1ccc(-c2ccc(N(c3ccc(-c4ccccc4-c4ccc(Nc5cccc6ccccc56)cc4)cc3)c3cccc4ccccc34)cc2)cc1. The van der Waals surface area contributed by atoms with Crippen molar-refractivity contribution in [1.29, 1.82) is 0 Å². The first kappa shape index (κ1) is 31.1. The molecule has 0 unspecified atom stereocenters. The summed E-state index contributed by atoms with van der Waals surface area (Å²) in [6, 6.07) is 75.9. The second-order valence-electron chi connectivity index (χ2n) is 13.1. The summed E-state index contributed by atoms with van der Waals surface area (Å²) in [5, 5.41) is 8.50. The van der Waals surface area contributed by atoms with Gasteiger partial charge in [0.1, 0.15) is 0 Å². The smallest absolute Gasteiger partial charge is 0.0540 e. The first-order chi connectivity index (χ1) is 25.8. The van der Waals surface area contributed by atoms with E-state index in [0.717, 1.165) is 28.4 Å². The molecule has 0 bridgehead atoms. The first-order valence-electron chi connectivity index (χ1n) is 17.8. The van der Waals surface area contributed by atoms with Gasteiger partial charge in [0.25, 0.3) is 0 Å². The van der Waals surface area contributed by atoms with Crippen LogP contribution in [0.25, 0.3) is 54.9 Å². The number of anilines is 5. The normalized spacial score (nSPS) is 11.1. The van der Waals surface area contributed by atoms with E-state index >= 15 is 0 Å². The van der Waals surface area contributed by atoms with Gasteiger partial charge in [0.2, 0.25) is 0 Å². The molecule has 0 atom stereocenters. The molecule has 52 heavy (non-hydrogen) atoms. The zero-order valence-electron chi connectivity index (χ0n) is 28.7. The van der Waals surface area contributed by atoms with E-state index in [1.54, 1.807) is 0 Å². The molecule has 1 N–H and O–H groups in total. The van der Waals surface area contributed by atoms with Crippen molar-refractivity contribution in [3.63, 3.8) is 0 Å². The highest BCUT2D eigenvalue weighted by molar-refractivity contribution is 5.99. The Kier molecular flexibility index (Phi) is 8.24. The van der Waals surface area contributed by atoms with E-state index in [0.29, 0.717) is 0 Å². The van der Waals surface area contributed by atoms with Crippen LogP contribution in [0.3, 0.4) is 0 Å². The van der Waals surface area contributed by atoms with Crippen LogP contribution in [0.4, 0.5) is 28.4 Å². The van der Waals surface area contributed by atoms with Gasteiger partial charge in [-0.25, -0.2) is 0 Å². The van der Waals surface area contributed by atoms with Crippen LogP contribution in [0.15, 0.2) is 212 Å². The van der Waals surface area contributed by atoms with Crippen LogP contribution < -0.4 is 10.2 Å². The molecule has 9 aromatic carbocycles. The van der Waals surface area contributed by atoms with E-state index in [-0.39, 0.29) is 0 Å². The molecule has 9 rings (SSSR count). The molecule has 246 valence electrons. The van der Waals surface area contributed by atoms with Gasteiger partial charge in [0.15, 0.2) is 0 Å². The zero-order chi connectivity index (χ0) is 34.7. The topological polar surface area (TPSA) is 15.3 Å². The second-order valence-corrected chi connectivity index (χ2v) is 13.1. The summed E-state index contributed by atoms with van der Waals surface area (Å²) in [7, 11) is 0. The molecule has 0 aliphatic heterocycles. The molecule has 0 radical (unpaired) electrons. The van der Waals surface area contributed by atoms with Gasteiger partial charge in [-0.15, -0.1) is 0 Å². The quantitative estimate of drug-likeness (QED) is 0.174. The van der Waals surface area contributed by atoms with E-state index < -0.39 is 0 Å². The summed E-state index contributed by atoms with van der Waals surface area (Å²) in [5.41, 5.74) is 12.7. The van der Waals surface area contributed by atoms with E-state index in [4.69, 9.17) is 0 Å². The van der Waals surface area contributed by atoms with Crippen LogP contribution >= 0.6 is 0 Å². The number of hydrogen-bond donors (Lipinski definition) is 1. The van der Waals surface area contributed by atoms with Crippen LogP contribution in [-0.4, -0.2) is 0 Å². The molecule has 0 amide bonds. The van der Waals surface area contributed by atoms with Crippen LogP contribution in [0, 0.1) is 0 Å². The first-order valence-corrected chi connectivity index (χ1v) is 17.8. The highest BCUT2D eigenvalue weighted by atomic mass is 15.1. The van der Waals surface area contributed by atoms with Crippen molar-refractivity contribution < 1.29 is 0 Å². The Morgan fingerprint density at radius 1 is 0.308 bits per heavy atom. The Morgan fingerprint density at radius 3 is 1.42 bits per heavy atom. The Morgan fingerprint density at radius 2 is 0.769 bits per heavy atom. The summed E-state index contributed by atoms with van der Waals surface area (Å²) in [6.45, 7) is 0. The lowest BCUT2D eigenvalue weighted by atomic mass is 9.94. The van der Waals surface area contributed by atoms with Crippen molar-refractivity contribution in [1.82, 2.24) is 0 Å². The summed E-state index contributed by atoms with van der Waals surface area (Å²) in [5.74, 6) is 0. The molecular weight excluding hydrogens is 629 g/mol. The largest absolute Gasteiger partial charge is 0.355 e. The molecule has 0 saturated heterocycles. The molecule has 2 nitrogen and oxygen atoms in total. The number of benzene rings is 9. The molecule has 0 aromatic heterocycles. The van der Waals surface area contributed by atoms with Gasteiger partial charge in [-0.3, -0.25) is 0 Å². The van der Waals surface area contributed by atoms with E-state index in [2.05, 4.69) is 223 Å². The Hall–Kier alpha value is -6.90. The average molecular weight is 665 g/mol. The molecule has 0 saturated carbocycles. The minimum Gasteiger partial charge on any atom is -0.355 e. The third-order valence-corrected chi connectivity index (χ3v) is 9.87. The highest BCUT2D eigenvalue weighted by Gasteiger charge is 2.16. The van der Waals surface area contributed by atoms with Crippen LogP contribution in [0.2, 0.25) is 0 Å². The third kappa shape index (κ3) is 6.08. The van der Waals surface area contributed by atoms with Crippen molar-refractivity contribution in [2.75, 3.05) is 10.2 Å². The summed E-state index contributed by atoms with van der Waals surface area (Å²) < 4.78 is 0. The van der Waals surface area contributed by atoms with Crippen molar-refractivity contribution in [3.05, 3.63) is 212 Å². The second kappa shape index (κ2) is 13.8. The maximum Gasteiger partial charge on any atom is 0.0540 e. The predicted octanol–water partition coefficient (Wildman–Crippen LogP) is 14.2. The van der Waals surface area contributed by atoms with Crippen LogP contribution in [0.5, 0.6) is 0 Å². The molecule has 0 aliphatic carbocycles. The van der Waals surface area contributed by atoms with Crippen LogP contribution in [-0.2, 0) is 0 Å². The summed E-state index contributed by atoms with van der Waals surface area (Å²) in [4.78, 5) is 2.37. The Labute approximate surface area is 304 Å². The fraction of sp³-hybridized carbons (Fsp3) is 0. The molecule has 0 spiro atoms. The molecule has 0 heterocycles. The lowest BCUT2D eigenvalue weighted by molar-refractivity contribution is 1.30. The van der Waals surface area contributed by atoms with E-state index in [9.17, 15) is 0 Å². The summed E-state index contributed by atoms with van der Waals surface area (Å²) in [6.07, 6.45) is 0. The van der Waals surface area contributed by atoms with Gasteiger partial charge in [-0.05, 0) is 92.7 Å². The highest BCUT2D eigenvalue weighted by Crippen LogP contribution is 2.41. The number of hydrogen-bond acceptors (Lipinski definition) is 2. The Bertz CT molecular complexity index is 2610. The van der Waals surface area contributed by atoms with Gasteiger partial charge in [-0.2, -0.15) is 0 Å². The maximum atomic E-state index is 3.63. The van der Waals surface area contributed by atoms with Gasteiger partial charge >= 0.3 is 0 Å². The average Bonchev–Trinajstić information content (AvgIpc) is 3.22. The molecule has 0 aliphatic rings. The number of nitrogens with one attached hydrogen (secondary N) is 1. The monoisotopic (exact) mass is 664 g/mol. The van der Waals surface area contributed by atoms with Gasteiger partial charge in [0.05, 0.1) is 5.69 Å². The third-order valence-electron chi connectivity index (χ3n) is 9.87. The standard InChI is InChI=1S/C50H36N2/c1-2-12-36(13-3-1)37-26-32-43(33-27-37)52(50-23-11-17-39-15-5-7-21-48(39)50)44-34-28-41(29-35-44)46-19-9-8-18-45(46)40-24-30-42(31-25-40)51-49-22-10-16-38-14-4-6-20-47(38)49/h1-35,51H.